The molecule has 2 aliphatic carbocycles. The maximum atomic E-state index is 11.9. The standard InChI is InChI=1S/C18H26O2/c1-5-7-15-10-14(12-18(4)8-9-18)11-16(15)13(3)17(19)20-6-2/h5,7,14H,3,6,8-12H2,1-2,4H3/b7-5-. The van der Waals surface area contributed by atoms with Gasteiger partial charge in [-0.2, -0.15) is 0 Å². The van der Waals surface area contributed by atoms with Crippen LogP contribution in [0.1, 0.15) is 52.9 Å². The van der Waals surface area contributed by atoms with E-state index in [1.807, 2.05) is 13.8 Å². The van der Waals surface area contributed by atoms with Crippen LogP contribution in [-0.2, 0) is 9.53 Å². The van der Waals surface area contributed by atoms with Gasteiger partial charge in [-0.3, -0.25) is 0 Å². The average Bonchev–Trinajstić information content (AvgIpc) is 2.98. The Hall–Kier alpha value is -1.31. The highest BCUT2D eigenvalue weighted by Crippen LogP contribution is 2.53. The van der Waals surface area contributed by atoms with Gasteiger partial charge in [-0.25, -0.2) is 4.79 Å². The summed E-state index contributed by atoms with van der Waals surface area (Å²) in [6, 6.07) is 0. The Morgan fingerprint density at radius 2 is 2.15 bits per heavy atom. The summed E-state index contributed by atoms with van der Waals surface area (Å²) in [5, 5.41) is 0. The Labute approximate surface area is 122 Å². The van der Waals surface area contributed by atoms with Crippen LogP contribution in [0.3, 0.4) is 0 Å². The smallest absolute Gasteiger partial charge is 0.337 e. The highest BCUT2D eigenvalue weighted by molar-refractivity contribution is 5.93. The molecule has 1 atom stereocenters. The van der Waals surface area contributed by atoms with Crippen molar-refractivity contribution in [3.05, 3.63) is 35.5 Å². The van der Waals surface area contributed by atoms with Gasteiger partial charge in [-0.15, -0.1) is 0 Å². The molecule has 0 radical (unpaired) electrons. The van der Waals surface area contributed by atoms with E-state index in [0.717, 1.165) is 18.4 Å². The molecular formula is C18H26O2. The highest BCUT2D eigenvalue weighted by Gasteiger charge is 2.41. The normalized spacial score (nSPS) is 24.2. The highest BCUT2D eigenvalue weighted by atomic mass is 16.5. The van der Waals surface area contributed by atoms with E-state index in [1.54, 1.807) is 0 Å². The van der Waals surface area contributed by atoms with Gasteiger partial charge in [-0.05, 0) is 68.4 Å². The molecule has 2 nitrogen and oxygen atoms in total. The van der Waals surface area contributed by atoms with Crippen LogP contribution in [-0.4, -0.2) is 12.6 Å². The van der Waals surface area contributed by atoms with Crippen molar-refractivity contribution in [3.63, 3.8) is 0 Å². The molecule has 2 rings (SSSR count). The monoisotopic (exact) mass is 274 g/mol. The van der Waals surface area contributed by atoms with E-state index in [9.17, 15) is 4.79 Å². The van der Waals surface area contributed by atoms with Crippen LogP contribution in [0.4, 0.5) is 0 Å². The summed E-state index contributed by atoms with van der Waals surface area (Å²) in [5.74, 6) is 0.401. The van der Waals surface area contributed by atoms with Crippen molar-refractivity contribution >= 4 is 5.97 Å². The van der Waals surface area contributed by atoms with Crippen molar-refractivity contribution in [1.82, 2.24) is 0 Å². The van der Waals surface area contributed by atoms with Crippen LogP contribution in [0.5, 0.6) is 0 Å². The Kier molecular flexibility index (Phi) is 4.52. The summed E-state index contributed by atoms with van der Waals surface area (Å²) in [7, 11) is 0. The molecule has 0 aromatic heterocycles. The average molecular weight is 274 g/mol. The van der Waals surface area contributed by atoms with Crippen LogP contribution in [0.2, 0.25) is 0 Å². The zero-order valence-electron chi connectivity index (χ0n) is 13.0. The third kappa shape index (κ3) is 3.41. The first-order chi connectivity index (χ1) is 9.49. The number of rotatable bonds is 6. The van der Waals surface area contributed by atoms with E-state index in [-0.39, 0.29) is 5.97 Å². The van der Waals surface area contributed by atoms with Crippen LogP contribution in [0.15, 0.2) is 35.5 Å². The van der Waals surface area contributed by atoms with E-state index in [1.165, 1.54) is 24.8 Å². The van der Waals surface area contributed by atoms with Gasteiger partial charge in [0.25, 0.3) is 0 Å². The molecule has 20 heavy (non-hydrogen) atoms. The molecule has 0 saturated heterocycles. The van der Waals surface area contributed by atoms with Crippen LogP contribution < -0.4 is 0 Å². The summed E-state index contributed by atoms with van der Waals surface area (Å²) in [4.78, 5) is 11.9. The lowest BCUT2D eigenvalue weighted by Crippen LogP contribution is -2.09. The Balaban J connectivity index is 2.08. The van der Waals surface area contributed by atoms with Gasteiger partial charge in [0.1, 0.15) is 0 Å². The number of esters is 1. The predicted molar refractivity (Wildman–Crippen MR) is 82.3 cm³/mol. The maximum Gasteiger partial charge on any atom is 0.337 e. The molecule has 2 heteroatoms. The fourth-order valence-corrected chi connectivity index (χ4v) is 3.21. The van der Waals surface area contributed by atoms with Gasteiger partial charge in [0.2, 0.25) is 0 Å². The van der Waals surface area contributed by atoms with Crippen molar-refractivity contribution in [1.29, 1.82) is 0 Å². The summed E-state index contributed by atoms with van der Waals surface area (Å²) in [6.07, 6.45) is 10.2. The molecule has 2 aliphatic rings. The molecule has 0 amide bonds. The quantitative estimate of drug-likeness (QED) is 0.523. The number of carbonyl (C=O) groups excluding carboxylic acids is 1. The van der Waals surface area contributed by atoms with Gasteiger partial charge in [-0.1, -0.05) is 25.7 Å². The lowest BCUT2D eigenvalue weighted by molar-refractivity contribution is -0.138. The summed E-state index contributed by atoms with van der Waals surface area (Å²) < 4.78 is 5.09. The van der Waals surface area contributed by atoms with Gasteiger partial charge in [0.15, 0.2) is 0 Å². The summed E-state index contributed by atoms with van der Waals surface area (Å²) >= 11 is 0. The second kappa shape index (κ2) is 5.99. The lowest BCUT2D eigenvalue weighted by Gasteiger charge is -2.15. The molecule has 0 heterocycles. The third-order valence-corrected chi connectivity index (χ3v) is 4.53. The third-order valence-electron chi connectivity index (χ3n) is 4.53. The van der Waals surface area contributed by atoms with Crippen molar-refractivity contribution in [2.45, 2.75) is 52.9 Å². The molecule has 110 valence electrons. The van der Waals surface area contributed by atoms with Crippen LogP contribution in [0.25, 0.3) is 0 Å². The second-order valence-corrected chi connectivity index (χ2v) is 6.49. The number of allylic oxidation sites excluding steroid dienone is 3. The zero-order chi connectivity index (χ0) is 14.8. The molecule has 0 N–H and O–H groups in total. The SMILES string of the molecule is C=C(C(=O)OCC)C1=C(/C=C\C)CC(CC2(C)CC2)C1. The minimum atomic E-state index is -0.261. The van der Waals surface area contributed by atoms with E-state index in [4.69, 9.17) is 4.74 Å². The number of hydrogen-bond donors (Lipinski definition) is 0. The number of carbonyl (C=O) groups is 1. The number of ether oxygens (including phenoxy) is 1. The molecule has 0 bridgehead atoms. The van der Waals surface area contributed by atoms with E-state index in [0.29, 0.717) is 23.5 Å². The summed E-state index contributed by atoms with van der Waals surface area (Å²) in [5.41, 5.74) is 3.52. The molecule has 1 saturated carbocycles. The second-order valence-electron chi connectivity index (χ2n) is 6.49. The van der Waals surface area contributed by atoms with Crippen molar-refractivity contribution in [2.24, 2.45) is 11.3 Å². The maximum absolute atomic E-state index is 11.9. The van der Waals surface area contributed by atoms with E-state index >= 15 is 0 Å². The molecule has 0 aromatic carbocycles. The zero-order valence-corrected chi connectivity index (χ0v) is 13.0. The molecule has 0 aliphatic heterocycles. The Morgan fingerprint density at radius 1 is 1.45 bits per heavy atom. The first-order valence-corrected chi connectivity index (χ1v) is 7.70. The molecular weight excluding hydrogens is 248 g/mol. The van der Waals surface area contributed by atoms with Gasteiger partial charge >= 0.3 is 5.97 Å². The van der Waals surface area contributed by atoms with Crippen molar-refractivity contribution < 1.29 is 9.53 Å². The molecule has 1 fully saturated rings. The minimum Gasteiger partial charge on any atom is -0.462 e. The fourth-order valence-electron chi connectivity index (χ4n) is 3.21. The van der Waals surface area contributed by atoms with Gasteiger partial charge in [0, 0.05) is 0 Å². The number of hydrogen-bond acceptors (Lipinski definition) is 2. The predicted octanol–water partition coefficient (Wildman–Crippen LogP) is 4.58. The first kappa shape index (κ1) is 15.1. The topological polar surface area (TPSA) is 26.3 Å². The van der Waals surface area contributed by atoms with Gasteiger partial charge < -0.3 is 4.74 Å². The molecule has 0 aromatic rings. The van der Waals surface area contributed by atoms with Crippen molar-refractivity contribution in [3.8, 4) is 0 Å². The van der Waals surface area contributed by atoms with Crippen LogP contribution >= 0.6 is 0 Å². The van der Waals surface area contributed by atoms with Gasteiger partial charge in [0.05, 0.1) is 12.2 Å². The fraction of sp³-hybridized carbons (Fsp3) is 0.611. The molecule has 0 spiro atoms. The lowest BCUT2D eigenvalue weighted by atomic mass is 9.90. The van der Waals surface area contributed by atoms with Crippen LogP contribution in [0, 0.1) is 11.3 Å². The Morgan fingerprint density at radius 3 is 2.70 bits per heavy atom. The minimum absolute atomic E-state index is 0.261. The van der Waals surface area contributed by atoms with E-state index < -0.39 is 0 Å². The first-order valence-electron chi connectivity index (χ1n) is 7.70. The van der Waals surface area contributed by atoms with E-state index in [2.05, 4.69) is 25.7 Å². The largest absolute Gasteiger partial charge is 0.462 e. The van der Waals surface area contributed by atoms with Crippen molar-refractivity contribution in [2.75, 3.05) is 6.61 Å². The molecule has 1 unspecified atom stereocenters. The summed E-state index contributed by atoms with van der Waals surface area (Å²) in [6.45, 7) is 10.6. The Bertz CT molecular complexity index is 464.